The van der Waals surface area contributed by atoms with Gasteiger partial charge in [-0.15, -0.1) is 0 Å². The molecule has 0 bridgehead atoms. The summed E-state index contributed by atoms with van der Waals surface area (Å²) in [6, 6.07) is -0.780. The Hall–Kier alpha value is -0.820. The van der Waals surface area contributed by atoms with Crippen LogP contribution in [0.5, 0.6) is 0 Å². The van der Waals surface area contributed by atoms with Crippen molar-refractivity contribution in [3.63, 3.8) is 0 Å². The monoisotopic (exact) mass is 298 g/mol. The number of carbonyl (C=O) groups is 1. The normalized spacial score (nSPS) is 14.2. The third kappa shape index (κ3) is 8.37. The summed E-state index contributed by atoms with van der Waals surface area (Å²) >= 11 is 0. The van der Waals surface area contributed by atoms with Crippen LogP contribution in [0.3, 0.4) is 0 Å². The fraction of sp³-hybridized carbons (Fsp3) is 0.923. The van der Waals surface area contributed by atoms with Gasteiger partial charge in [0.05, 0.1) is 13.7 Å². The van der Waals surface area contributed by atoms with Crippen LogP contribution in [0.15, 0.2) is 0 Å². The lowest BCUT2D eigenvalue weighted by molar-refractivity contribution is -0.150. The number of halogens is 3. The van der Waals surface area contributed by atoms with Crippen molar-refractivity contribution in [1.29, 1.82) is 0 Å². The summed E-state index contributed by atoms with van der Waals surface area (Å²) in [5, 5.41) is 3.01. The summed E-state index contributed by atoms with van der Waals surface area (Å²) in [7, 11) is 1.27. The smallest absolute Gasteiger partial charge is 0.401 e. The molecule has 1 N–H and O–H groups in total. The molecule has 0 amide bonds. The van der Waals surface area contributed by atoms with Crippen LogP contribution in [0.1, 0.15) is 34.1 Å². The number of esters is 1. The minimum absolute atomic E-state index is 0.0502. The van der Waals surface area contributed by atoms with Gasteiger partial charge in [-0.2, -0.15) is 13.2 Å². The number of alkyl halides is 3. The molecule has 0 aliphatic carbocycles. The minimum Gasteiger partial charge on any atom is -0.468 e. The standard InChI is InChI=1S/C13H25F3N2O2/c1-9(2)17-11(12(19)20-5)6-7-18(10(3)4)8-13(14,15)16/h9-11,17H,6-8H2,1-5H3. The molecule has 0 heterocycles. The van der Waals surface area contributed by atoms with Crippen LogP contribution in [0.4, 0.5) is 13.2 Å². The third-order valence-electron chi connectivity index (χ3n) is 2.84. The van der Waals surface area contributed by atoms with Crippen LogP contribution in [-0.4, -0.2) is 55.4 Å². The van der Waals surface area contributed by atoms with E-state index in [1.54, 1.807) is 13.8 Å². The van der Waals surface area contributed by atoms with E-state index in [1.165, 1.54) is 12.0 Å². The van der Waals surface area contributed by atoms with E-state index in [0.717, 1.165) is 0 Å². The van der Waals surface area contributed by atoms with Gasteiger partial charge in [-0.25, -0.2) is 0 Å². The van der Waals surface area contributed by atoms with Crippen molar-refractivity contribution < 1.29 is 22.7 Å². The summed E-state index contributed by atoms with van der Waals surface area (Å²) in [5.74, 6) is -0.450. The molecule has 1 atom stereocenters. The summed E-state index contributed by atoms with van der Waals surface area (Å²) in [5.41, 5.74) is 0. The van der Waals surface area contributed by atoms with Crippen LogP contribution in [0.25, 0.3) is 0 Å². The minimum atomic E-state index is -4.24. The molecule has 0 aromatic carbocycles. The number of rotatable bonds is 8. The fourth-order valence-corrected chi connectivity index (χ4v) is 1.86. The zero-order valence-electron chi connectivity index (χ0n) is 12.8. The van der Waals surface area contributed by atoms with Crippen LogP contribution in [0.2, 0.25) is 0 Å². The molecule has 1 unspecified atom stereocenters. The Labute approximate surface area is 118 Å². The van der Waals surface area contributed by atoms with Gasteiger partial charge in [-0.1, -0.05) is 13.8 Å². The molecule has 120 valence electrons. The van der Waals surface area contributed by atoms with Crippen molar-refractivity contribution in [3.8, 4) is 0 Å². The zero-order chi connectivity index (χ0) is 15.9. The highest BCUT2D eigenvalue weighted by atomic mass is 19.4. The van der Waals surface area contributed by atoms with E-state index in [2.05, 4.69) is 10.1 Å². The van der Waals surface area contributed by atoms with Gasteiger partial charge in [0, 0.05) is 18.6 Å². The number of methoxy groups -OCH3 is 1. The zero-order valence-corrected chi connectivity index (χ0v) is 12.8. The predicted octanol–water partition coefficient (Wildman–Crippen LogP) is 2.19. The molecular weight excluding hydrogens is 273 g/mol. The second kappa shape index (κ2) is 8.46. The summed E-state index contributed by atoms with van der Waals surface area (Å²) in [4.78, 5) is 12.9. The lowest BCUT2D eigenvalue weighted by Crippen LogP contribution is -2.46. The van der Waals surface area contributed by atoms with E-state index in [1.807, 2.05) is 13.8 Å². The van der Waals surface area contributed by atoms with Gasteiger partial charge in [-0.3, -0.25) is 9.69 Å². The Morgan fingerprint density at radius 1 is 1.25 bits per heavy atom. The number of nitrogens with one attached hydrogen (secondary N) is 1. The van der Waals surface area contributed by atoms with Gasteiger partial charge in [0.25, 0.3) is 0 Å². The van der Waals surface area contributed by atoms with E-state index in [0.29, 0.717) is 0 Å². The van der Waals surface area contributed by atoms with Gasteiger partial charge in [0.2, 0.25) is 0 Å². The first-order chi connectivity index (χ1) is 9.06. The Morgan fingerprint density at radius 2 is 1.80 bits per heavy atom. The molecule has 4 nitrogen and oxygen atoms in total. The number of nitrogens with zero attached hydrogens (tertiary/aromatic N) is 1. The molecule has 20 heavy (non-hydrogen) atoms. The number of hydrogen-bond donors (Lipinski definition) is 1. The van der Waals surface area contributed by atoms with Gasteiger partial charge >= 0.3 is 12.1 Å². The fourth-order valence-electron chi connectivity index (χ4n) is 1.86. The lowest BCUT2D eigenvalue weighted by atomic mass is 10.1. The largest absolute Gasteiger partial charge is 0.468 e. The highest BCUT2D eigenvalue weighted by Crippen LogP contribution is 2.18. The highest BCUT2D eigenvalue weighted by Gasteiger charge is 2.32. The predicted molar refractivity (Wildman–Crippen MR) is 71.5 cm³/mol. The molecule has 0 aromatic rings. The van der Waals surface area contributed by atoms with Crippen molar-refractivity contribution in [2.75, 3.05) is 20.2 Å². The van der Waals surface area contributed by atoms with Crippen LogP contribution < -0.4 is 5.32 Å². The number of ether oxygens (including phenoxy) is 1. The molecule has 0 rings (SSSR count). The Morgan fingerprint density at radius 3 is 2.15 bits per heavy atom. The summed E-state index contributed by atoms with van der Waals surface area (Å²) in [6.45, 7) is 6.35. The Balaban J connectivity index is 4.58. The molecule has 0 aliphatic rings. The quantitative estimate of drug-likeness (QED) is 0.698. The number of hydrogen-bond acceptors (Lipinski definition) is 4. The van der Waals surface area contributed by atoms with Crippen LogP contribution >= 0.6 is 0 Å². The summed E-state index contributed by atoms with van der Waals surface area (Å²) < 4.78 is 42.1. The third-order valence-corrected chi connectivity index (χ3v) is 2.84. The molecule has 0 aliphatic heterocycles. The van der Waals surface area contributed by atoms with E-state index in [4.69, 9.17) is 0 Å². The van der Waals surface area contributed by atoms with Gasteiger partial charge in [-0.05, 0) is 20.3 Å². The molecule has 0 aromatic heterocycles. The SMILES string of the molecule is COC(=O)C(CCN(CC(F)(F)F)C(C)C)NC(C)C. The van der Waals surface area contributed by atoms with Crippen LogP contribution in [-0.2, 0) is 9.53 Å². The van der Waals surface area contributed by atoms with Crippen molar-refractivity contribution in [1.82, 2.24) is 10.2 Å². The highest BCUT2D eigenvalue weighted by molar-refractivity contribution is 5.75. The van der Waals surface area contributed by atoms with Crippen molar-refractivity contribution >= 4 is 5.97 Å². The maximum Gasteiger partial charge on any atom is 0.401 e. The molecule has 0 radical (unpaired) electrons. The maximum absolute atomic E-state index is 12.5. The van der Waals surface area contributed by atoms with E-state index >= 15 is 0 Å². The summed E-state index contributed by atoms with van der Waals surface area (Å²) in [6.07, 6.45) is -3.96. The number of carbonyl (C=O) groups excluding carboxylic acids is 1. The van der Waals surface area contributed by atoms with E-state index in [9.17, 15) is 18.0 Å². The second-order valence-corrected chi connectivity index (χ2v) is 5.37. The topological polar surface area (TPSA) is 41.6 Å². The van der Waals surface area contributed by atoms with E-state index in [-0.39, 0.29) is 25.0 Å². The molecular formula is C13H25F3N2O2. The average Bonchev–Trinajstić information content (AvgIpc) is 2.29. The van der Waals surface area contributed by atoms with Gasteiger partial charge < -0.3 is 10.1 Å². The molecule has 0 saturated carbocycles. The first-order valence-electron chi connectivity index (χ1n) is 6.71. The average molecular weight is 298 g/mol. The van der Waals surface area contributed by atoms with Gasteiger partial charge in [0.15, 0.2) is 0 Å². The van der Waals surface area contributed by atoms with Crippen molar-refractivity contribution in [3.05, 3.63) is 0 Å². The van der Waals surface area contributed by atoms with Crippen LogP contribution in [0, 0.1) is 0 Å². The van der Waals surface area contributed by atoms with Gasteiger partial charge in [0.1, 0.15) is 6.04 Å². The Bertz CT molecular complexity index is 294. The molecule has 0 saturated heterocycles. The van der Waals surface area contributed by atoms with Crippen molar-refractivity contribution in [2.45, 2.75) is 58.4 Å². The molecule has 7 heteroatoms. The maximum atomic E-state index is 12.5. The first-order valence-corrected chi connectivity index (χ1v) is 6.71. The molecule has 0 fully saturated rings. The van der Waals surface area contributed by atoms with E-state index < -0.39 is 24.7 Å². The van der Waals surface area contributed by atoms with Crippen molar-refractivity contribution in [2.24, 2.45) is 0 Å². The Kier molecular flexibility index (Phi) is 8.12. The second-order valence-electron chi connectivity index (χ2n) is 5.37. The lowest BCUT2D eigenvalue weighted by Gasteiger charge is -2.29. The molecule has 0 spiro atoms. The first kappa shape index (κ1) is 19.2.